The monoisotopic (exact) mass is 297 g/mol. The van der Waals surface area contributed by atoms with E-state index in [2.05, 4.69) is 10.3 Å². The molecule has 6 heteroatoms. The van der Waals surface area contributed by atoms with E-state index in [0.717, 1.165) is 5.69 Å². The number of amides is 1. The van der Waals surface area contributed by atoms with Crippen LogP contribution in [0.1, 0.15) is 32.9 Å². The SMILES string of the molecule is CC(C)(C)OC(=O)NCCC=Cc1ccc(N)c(Cl)n1. The lowest BCUT2D eigenvalue weighted by atomic mass is 10.2. The highest BCUT2D eigenvalue weighted by Gasteiger charge is 2.15. The van der Waals surface area contributed by atoms with Crippen molar-refractivity contribution in [3.8, 4) is 0 Å². The van der Waals surface area contributed by atoms with Gasteiger partial charge < -0.3 is 15.8 Å². The number of aromatic nitrogens is 1. The summed E-state index contributed by atoms with van der Waals surface area (Å²) >= 11 is 5.81. The maximum Gasteiger partial charge on any atom is 0.407 e. The Morgan fingerprint density at radius 2 is 2.20 bits per heavy atom. The molecule has 0 spiro atoms. The molecule has 0 bridgehead atoms. The number of carbonyl (C=O) groups is 1. The van der Waals surface area contributed by atoms with E-state index in [9.17, 15) is 4.79 Å². The third-order valence-electron chi connectivity index (χ3n) is 2.17. The van der Waals surface area contributed by atoms with E-state index in [0.29, 0.717) is 23.8 Å². The number of hydrogen-bond donors (Lipinski definition) is 2. The molecular weight excluding hydrogens is 278 g/mol. The van der Waals surface area contributed by atoms with Crippen LogP contribution in [-0.4, -0.2) is 23.2 Å². The first-order chi connectivity index (χ1) is 9.28. The van der Waals surface area contributed by atoms with Crippen LogP contribution in [0.3, 0.4) is 0 Å². The summed E-state index contributed by atoms with van der Waals surface area (Å²) in [6.07, 6.45) is 3.97. The van der Waals surface area contributed by atoms with E-state index in [1.807, 2.05) is 32.9 Å². The van der Waals surface area contributed by atoms with Gasteiger partial charge >= 0.3 is 6.09 Å². The number of rotatable bonds is 4. The molecule has 0 saturated heterocycles. The van der Waals surface area contributed by atoms with Gasteiger partial charge in [0.2, 0.25) is 0 Å². The molecule has 5 nitrogen and oxygen atoms in total. The molecule has 0 aliphatic rings. The number of nitrogens with zero attached hydrogens (tertiary/aromatic N) is 1. The van der Waals surface area contributed by atoms with Crippen molar-refractivity contribution in [2.45, 2.75) is 32.8 Å². The highest BCUT2D eigenvalue weighted by Crippen LogP contribution is 2.16. The van der Waals surface area contributed by atoms with Crippen molar-refractivity contribution in [2.24, 2.45) is 0 Å². The lowest BCUT2D eigenvalue weighted by Gasteiger charge is -2.19. The Labute approximate surface area is 124 Å². The Balaban J connectivity index is 2.32. The topological polar surface area (TPSA) is 77.2 Å². The number of nitrogens with one attached hydrogen (secondary N) is 1. The quantitative estimate of drug-likeness (QED) is 0.660. The van der Waals surface area contributed by atoms with Crippen LogP contribution < -0.4 is 11.1 Å². The molecule has 3 N–H and O–H groups in total. The number of nitrogen functional groups attached to an aromatic ring is 1. The second-order valence-electron chi connectivity index (χ2n) is 5.24. The molecule has 110 valence electrons. The molecular formula is C14H20ClN3O2. The summed E-state index contributed by atoms with van der Waals surface area (Å²) in [5.41, 5.74) is 6.26. The Hall–Kier alpha value is -1.75. The van der Waals surface area contributed by atoms with Gasteiger partial charge in [0, 0.05) is 6.54 Å². The van der Waals surface area contributed by atoms with Crippen LogP contribution in [-0.2, 0) is 4.74 Å². The van der Waals surface area contributed by atoms with Crippen LogP contribution in [0.15, 0.2) is 18.2 Å². The maximum absolute atomic E-state index is 11.4. The van der Waals surface area contributed by atoms with Crippen LogP contribution in [0.5, 0.6) is 0 Å². The van der Waals surface area contributed by atoms with Gasteiger partial charge in [0.25, 0.3) is 0 Å². The number of ether oxygens (including phenoxy) is 1. The van der Waals surface area contributed by atoms with Gasteiger partial charge in [-0.2, -0.15) is 0 Å². The normalized spacial score (nSPS) is 11.6. The molecule has 0 radical (unpaired) electrons. The second-order valence-corrected chi connectivity index (χ2v) is 5.59. The highest BCUT2D eigenvalue weighted by molar-refractivity contribution is 6.31. The van der Waals surface area contributed by atoms with E-state index in [4.69, 9.17) is 22.1 Å². The van der Waals surface area contributed by atoms with E-state index >= 15 is 0 Å². The highest BCUT2D eigenvalue weighted by atomic mass is 35.5. The molecule has 20 heavy (non-hydrogen) atoms. The van der Waals surface area contributed by atoms with Crippen molar-refractivity contribution in [1.82, 2.24) is 10.3 Å². The summed E-state index contributed by atoms with van der Waals surface area (Å²) < 4.78 is 5.11. The Bertz CT molecular complexity index is 496. The van der Waals surface area contributed by atoms with Crippen LogP contribution in [0.2, 0.25) is 5.15 Å². The zero-order valence-corrected chi connectivity index (χ0v) is 12.7. The first kappa shape index (κ1) is 16.3. The molecule has 0 fully saturated rings. The number of nitrogens with two attached hydrogens (primary N) is 1. The van der Waals surface area contributed by atoms with Crippen LogP contribution in [0.4, 0.5) is 10.5 Å². The molecule has 0 atom stereocenters. The molecule has 1 aromatic rings. The lowest BCUT2D eigenvalue weighted by Crippen LogP contribution is -2.32. The number of anilines is 1. The third-order valence-corrected chi connectivity index (χ3v) is 2.47. The molecule has 1 amide bonds. The number of pyridine rings is 1. The van der Waals surface area contributed by atoms with Gasteiger partial charge in [0.15, 0.2) is 5.15 Å². The number of alkyl carbamates (subject to hydrolysis) is 1. The number of carbonyl (C=O) groups excluding carboxylic acids is 1. The van der Waals surface area contributed by atoms with Crippen molar-refractivity contribution in [1.29, 1.82) is 0 Å². The minimum Gasteiger partial charge on any atom is -0.444 e. The minimum absolute atomic E-state index is 0.291. The van der Waals surface area contributed by atoms with E-state index in [1.165, 1.54) is 0 Å². The van der Waals surface area contributed by atoms with Crippen molar-refractivity contribution in [3.63, 3.8) is 0 Å². The molecule has 1 heterocycles. The molecule has 0 aliphatic carbocycles. The van der Waals surface area contributed by atoms with Crippen molar-refractivity contribution >= 4 is 29.5 Å². The fourth-order valence-electron chi connectivity index (χ4n) is 1.33. The average Bonchev–Trinajstić information content (AvgIpc) is 2.31. The van der Waals surface area contributed by atoms with Crippen molar-refractivity contribution < 1.29 is 9.53 Å². The van der Waals surface area contributed by atoms with Gasteiger partial charge in [-0.25, -0.2) is 9.78 Å². The smallest absolute Gasteiger partial charge is 0.407 e. The Kier molecular flexibility index (Phi) is 5.82. The predicted octanol–water partition coefficient (Wildman–Crippen LogP) is 3.25. The van der Waals surface area contributed by atoms with Gasteiger partial charge in [-0.05, 0) is 45.4 Å². The first-order valence-electron chi connectivity index (χ1n) is 6.33. The van der Waals surface area contributed by atoms with Gasteiger partial charge in [0.1, 0.15) is 5.60 Å². The second kappa shape index (κ2) is 7.14. The Morgan fingerprint density at radius 1 is 1.50 bits per heavy atom. The molecule has 1 rings (SSSR count). The molecule has 0 unspecified atom stereocenters. The average molecular weight is 298 g/mol. The summed E-state index contributed by atoms with van der Waals surface area (Å²) in [7, 11) is 0. The fourth-order valence-corrected chi connectivity index (χ4v) is 1.49. The Morgan fingerprint density at radius 3 is 2.80 bits per heavy atom. The van der Waals surface area contributed by atoms with Crippen molar-refractivity contribution in [2.75, 3.05) is 12.3 Å². The molecule has 0 aromatic carbocycles. The lowest BCUT2D eigenvalue weighted by molar-refractivity contribution is 0.0529. The number of hydrogen-bond acceptors (Lipinski definition) is 4. The zero-order chi connectivity index (χ0) is 15.2. The maximum atomic E-state index is 11.4. The van der Waals surface area contributed by atoms with E-state index < -0.39 is 11.7 Å². The number of halogens is 1. The van der Waals surface area contributed by atoms with Gasteiger partial charge in [0.05, 0.1) is 11.4 Å². The largest absolute Gasteiger partial charge is 0.444 e. The predicted molar refractivity (Wildman–Crippen MR) is 81.5 cm³/mol. The summed E-state index contributed by atoms with van der Waals surface area (Å²) in [5, 5.41) is 2.96. The van der Waals surface area contributed by atoms with Crippen molar-refractivity contribution in [3.05, 3.63) is 29.1 Å². The van der Waals surface area contributed by atoms with Crippen LogP contribution in [0, 0.1) is 0 Å². The van der Waals surface area contributed by atoms with Gasteiger partial charge in [-0.1, -0.05) is 17.7 Å². The van der Waals surface area contributed by atoms with E-state index in [1.54, 1.807) is 12.1 Å². The molecule has 0 saturated carbocycles. The summed E-state index contributed by atoms with van der Waals surface area (Å²) in [4.78, 5) is 15.5. The van der Waals surface area contributed by atoms with Gasteiger partial charge in [-0.15, -0.1) is 0 Å². The summed E-state index contributed by atoms with van der Waals surface area (Å²) in [6, 6.07) is 3.48. The van der Waals surface area contributed by atoms with Crippen LogP contribution >= 0.6 is 11.6 Å². The van der Waals surface area contributed by atoms with E-state index in [-0.39, 0.29) is 0 Å². The fraction of sp³-hybridized carbons (Fsp3) is 0.429. The van der Waals surface area contributed by atoms with Gasteiger partial charge in [-0.3, -0.25) is 0 Å². The standard InChI is InChI=1S/C14H20ClN3O2/c1-14(2,3)20-13(19)17-9-5-4-6-10-7-8-11(16)12(15)18-10/h4,6-8H,5,9,16H2,1-3H3,(H,17,19). The first-order valence-corrected chi connectivity index (χ1v) is 6.71. The zero-order valence-electron chi connectivity index (χ0n) is 11.9. The molecule has 0 aliphatic heterocycles. The minimum atomic E-state index is -0.482. The van der Waals surface area contributed by atoms with Crippen LogP contribution in [0.25, 0.3) is 6.08 Å². The molecule has 1 aromatic heterocycles. The third kappa shape index (κ3) is 6.43. The summed E-state index contributed by atoms with van der Waals surface area (Å²) in [6.45, 7) is 5.96. The summed E-state index contributed by atoms with van der Waals surface area (Å²) in [5.74, 6) is 0.